The molecule has 0 spiro atoms. The summed E-state index contributed by atoms with van der Waals surface area (Å²) in [6.07, 6.45) is 0. The average Bonchev–Trinajstić information content (AvgIpc) is 3.08. The summed E-state index contributed by atoms with van der Waals surface area (Å²) in [5, 5.41) is 1.64. The molecule has 4 rings (SSSR count). The summed E-state index contributed by atoms with van der Waals surface area (Å²) in [4.78, 5) is 6.95. The summed E-state index contributed by atoms with van der Waals surface area (Å²) >= 11 is 7.69. The van der Waals surface area contributed by atoms with Gasteiger partial charge in [0.15, 0.2) is 15.0 Å². The largest absolute Gasteiger partial charge is 0.341 e. The molecular formula is C20H21ClN2O2S2. The van der Waals surface area contributed by atoms with Crippen molar-refractivity contribution in [3.05, 3.63) is 70.2 Å². The fraction of sp³-hybridized carbons (Fsp3) is 0.350. The van der Waals surface area contributed by atoms with Crippen molar-refractivity contribution in [1.82, 2.24) is 4.90 Å². The first-order chi connectivity index (χ1) is 12.9. The van der Waals surface area contributed by atoms with Gasteiger partial charge in [0.1, 0.15) is 0 Å². The number of amidine groups is 1. The van der Waals surface area contributed by atoms with E-state index < -0.39 is 9.84 Å². The van der Waals surface area contributed by atoms with E-state index in [1.165, 1.54) is 11.1 Å². The molecule has 2 atom stereocenters. The average molecular weight is 421 g/mol. The molecule has 2 heterocycles. The lowest BCUT2D eigenvalue weighted by Gasteiger charge is -2.26. The molecule has 0 radical (unpaired) electrons. The highest BCUT2D eigenvalue weighted by Gasteiger charge is 2.46. The lowest BCUT2D eigenvalue weighted by Crippen LogP contribution is -2.38. The molecule has 142 valence electrons. The van der Waals surface area contributed by atoms with E-state index in [2.05, 4.69) is 24.0 Å². The van der Waals surface area contributed by atoms with Crippen LogP contribution in [0.15, 0.2) is 53.5 Å². The summed E-state index contributed by atoms with van der Waals surface area (Å²) in [7, 11) is -3.01. The number of aliphatic imine (C=N–C) groups is 1. The maximum Gasteiger partial charge on any atom is 0.160 e. The van der Waals surface area contributed by atoms with Gasteiger partial charge in [-0.2, -0.15) is 0 Å². The molecule has 0 aliphatic carbocycles. The van der Waals surface area contributed by atoms with Gasteiger partial charge >= 0.3 is 0 Å². The summed E-state index contributed by atoms with van der Waals surface area (Å²) in [5.41, 5.74) is 3.64. The smallest absolute Gasteiger partial charge is 0.160 e. The summed E-state index contributed by atoms with van der Waals surface area (Å²) in [6.45, 7) is 2.76. The van der Waals surface area contributed by atoms with Gasteiger partial charge in [-0.25, -0.2) is 8.42 Å². The standard InChI is InChI=1S/C20H21ClN2O2S2/c1-14-4-2-3-5-16(14)11-26-20-22-18-12-27(24,25)13-19(18)23(20)10-15-6-8-17(21)9-7-15/h2-9,18-19H,10-13H2,1H3/t18-,19-/m0/s1. The molecule has 2 aromatic carbocycles. The molecule has 7 heteroatoms. The maximum atomic E-state index is 12.1. The predicted octanol–water partition coefficient (Wildman–Crippen LogP) is 3.92. The van der Waals surface area contributed by atoms with E-state index in [0.29, 0.717) is 11.6 Å². The van der Waals surface area contributed by atoms with Crippen LogP contribution in [-0.4, -0.2) is 42.1 Å². The van der Waals surface area contributed by atoms with Gasteiger partial charge in [0.05, 0.1) is 23.6 Å². The van der Waals surface area contributed by atoms with E-state index in [1.807, 2.05) is 36.4 Å². The number of hydrogen-bond donors (Lipinski definition) is 0. The number of sulfone groups is 1. The Kier molecular flexibility index (Phi) is 5.23. The molecule has 2 aromatic rings. The van der Waals surface area contributed by atoms with Crippen molar-refractivity contribution in [2.75, 3.05) is 11.5 Å². The third kappa shape index (κ3) is 4.18. The highest BCUT2D eigenvalue weighted by atomic mass is 35.5. The van der Waals surface area contributed by atoms with E-state index in [0.717, 1.165) is 16.5 Å². The van der Waals surface area contributed by atoms with Gasteiger partial charge in [-0.3, -0.25) is 4.99 Å². The van der Waals surface area contributed by atoms with Crippen molar-refractivity contribution in [1.29, 1.82) is 0 Å². The van der Waals surface area contributed by atoms with Crippen LogP contribution >= 0.6 is 23.4 Å². The minimum Gasteiger partial charge on any atom is -0.341 e. The number of aryl methyl sites for hydroxylation is 1. The van der Waals surface area contributed by atoms with Crippen LogP contribution in [0.25, 0.3) is 0 Å². The van der Waals surface area contributed by atoms with Crippen LogP contribution in [-0.2, 0) is 22.1 Å². The van der Waals surface area contributed by atoms with Gasteiger partial charge < -0.3 is 4.90 Å². The summed E-state index contributed by atoms with van der Waals surface area (Å²) < 4.78 is 24.2. The molecule has 0 N–H and O–H groups in total. The predicted molar refractivity (Wildman–Crippen MR) is 113 cm³/mol. The molecule has 2 aliphatic heterocycles. The zero-order valence-corrected chi connectivity index (χ0v) is 17.4. The Bertz CT molecular complexity index is 974. The van der Waals surface area contributed by atoms with Crippen LogP contribution in [0.2, 0.25) is 5.02 Å². The van der Waals surface area contributed by atoms with E-state index in [4.69, 9.17) is 16.6 Å². The van der Waals surface area contributed by atoms with Crippen molar-refractivity contribution >= 4 is 38.4 Å². The number of halogens is 1. The molecular weight excluding hydrogens is 400 g/mol. The van der Waals surface area contributed by atoms with E-state index in [9.17, 15) is 8.42 Å². The second kappa shape index (κ2) is 7.49. The fourth-order valence-electron chi connectivity index (χ4n) is 3.60. The van der Waals surface area contributed by atoms with E-state index in [-0.39, 0.29) is 23.6 Å². The highest BCUT2D eigenvalue weighted by Crippen LogP contribution is 2.33. The Balaban J connectivity index is 1.55. The number of fused-ring (bicyclic) bond motifs is 1. The van der Waals surface area contributed by atoms with Crippen LogP contribution in [0.3, 0.4) is 0 Å². The molecule has 0 saturated carbocycles. The summed E-state index contributed by atoms with van der Waals surface area (Å²) in [5.74, 6) is 1.17. The van der Waals surface area contributed by atoms with E-state index in [1.54, 1.807) is 11.8 Å². The first kappa shape index (κ1) is 18.8. The van der Waals surface area contributed by atoms with E-state index >= 15 is 0 Å². The second-order valence-corrected chi connectivity index (χ2v) is 10.6. The molecule has 1 saturated heterocycles. The second-order valence-electron chi connectivity index (χ2n) is 7.09. The van der Waals surface area contributed by atoms with Gasteiger partial charge in [0, 0.05) is 17.3 Å². The molecule has 27 heavy (non-hydrogen) atoms. The molecule has 2 aliphatic rings. The van der Waals surface area contributed by atoms with Crippen molar-refractivity contribution in [2.45, 2.75) is 31.3 Å². The van der Waals surface area contributed by atoms with Crippen molar-refractivity contribution in [3.63, 3.8) is 0 Å². The highest BCUT2D eigenvalue weighted by molar-refractivity contribution is 8.13. The minimum atomic E-state index is -3.01. The first-order valence-corrected chi connectivity index (χ1v) is 12.1. The van der Waals surface area contributed by atoms with Gasteiger partial charge in [0.2, 0.25) is 0 Å². The third-order valence-electron chi connectivity index (χ3n) is 5.10. The maximum absolute atomic E-state index is 12.1. The quantitative estimate of drug-likeness (QED) is 0.752. The van der Waals surface area contributed by atoms with Crippen LogP contribution < -0.4 is 0 Å². The molecule has 1 fully saturated rings. The Morgan fingerprint density at radius 1 is 1.15 bits per heavy atom. The Morgan fingerprint density at radius 3 is 2.63 bits per heavy atom. The van der Waals surface area contributed by atoms with Crippen molar-refractivity contribution in [3.8, 4) is 0 Å². The lowest BCUT2D eigenvalue weighted by molar-refractivity contribution is 0.343. The molecule has 4 nitrogen and oxygen atoms in total. The Hall–Kier alpha value is -1.50. The lowest BCUT2D eigenvalue weighted by atomic mass is 10.1. The normalized spacial score (nSPS) is 23.3. The topological polar surface area (TPSA) is 49.7 Å². The molecule has 0 amide bonds. The molecule has 0 aromatic heterocycles. The summed E-state index contributed by atoms with van der Waals surface area (Å²) in [6, 6.07) is 15.8. The number of nitrogens with zero attached hydrogens (tertiary/aromatic N) is 2. The fourth-order valence-corrected chi connectivity index (χ4v) is 6.78. The van der Waals surface area contributed by atoms with Gasteiger partial charge in [-0.1, -0.05) is 59.8 Å². The molecule has 0 unspecified atom stereocenters. The van der Waals surface area contributed by atoms with Gasteiger partial charge in [0.25, 0.3) is 0 Å². The first-order valence-electron chi connectivity index (χ1n) is 8.88. The SMILES string of the molecule is Cc1ccccc1CSC1=N[C@H]2CS(=O)(=O)C[C@@H]2N1Cc1ccc(Cl)cc1. The zero-order valence-electron chi connectivity index (χ0n) is 15.0. The van der Waals surface area contributed by atoms with Crippen LogP contribution in [0.5, 0.6) is 0 Å². The van der Waals surface area contributed by atoms with Crippen molar-refractivity contribution in [2.24, 2.45) is 4.99 Å². The number of rotatable bonds is 4. The molecule has 0 bridgehead atoms. The number of benzene rings is 2. The Labute approximate surface area is 169 Å². The Morgan fingerprint density at radius 2 is 1.89 bits per heavy atom. The number of hydrogen-bond acceptors (Lipinski definition) is 5. The van der Waals surface area contributed by atoms with Gasteiger partial charge in [-0.15, -0.1) is 0 Å². The zero-order chi connectivity index (χ0) is 19.0. The number of thioether (sulfide) groups is 1. The van der Waals surface area contributed by atoms with Gasteiger partial charge in [-0.05, 0) is 35.7 Å². The van der Waals surface area contributed by atoms with Crippen LogP contribution in [0, 0.1) is 6.92 Å². The van der Waals surface area contributed by atoms with Crippen molar-refractivity contribution < 1.29 is 8.42 Å². The van der Waals surface area contributed by atoms with Crippen LogP contribution in [0.1, 0.15) is 16.7 Å². The third-order valence-corrected chi connectivity index (χ3v) is 8.10. The van der Waals surface area contributed by atoms with Crippen LogP contribution in [0.4, 0.5) is 0 Å². The minimum absolute atomic E-state index is 0.0648. The monoisotopic (exact) mass is 420 g/mol.